The van der Waals surface area contributed by atoms with E-state index >= 15 is 0 Å². The summed E-state index contributed by atoms with van der Waals surface area (Å²) in [5.74, 6) is -2.08. The van der Waals surface area contributed by atoms with Gasteiger partial charge >= 0.3 is 0 Å². The highest BCUT2D eigenvalue weighted by atomic mass is 16.3. The quantitative estimate of drug-likeness (QED) is 0.406. The number of nitrogens with one attached hydrogen (secondary N) is 1. The number of carbonyl (C=O) groups is 3. The Balaban J connectivity index is 1.17. The molecule has 3 heterocycles. The number of piperazine rings is 1. The van der Waals surface area contributed by atoms with E-state index in [1.165, 1.54) is 0 Å². The molecule has 0 unspecified atom stereocenters. The first kappa shape index (κ1) is 26.1. The molecule has 3 amide bonds. The van der Waals surface area contributed by atoms with Gasteiger partial charge in [-0.15, -0.1) is 0 Å². The van der Waals surface area contributed by atoms with Gasteiger partial charge in [-0.05, 0) is 30.5 Å². The fourth-order valence-electron chi connectivity index (χ4n) is 5.03. The number of rotatable bonds is 6. The maximum atomic E-state index is 12.8. The van der Waals surface area contributed by atoms with Crippen LogP contribution in [0.2, 0.25) is 0 Å². The van der Waals surface area contributed by atoms with Gasteiger partial charge in [0.1, 0.15) is 5.58 Å². The summed E-state index contributed by atoms with van der Waals surface area (Å²) in [5.41, 5.74) is 1.52. The van der Waals surface area contributed by atoms with E-state index in [0.717, 1.165) is 48.8 Å². The Morgan fingerprint density at radius 1 is 0.923 bits per heavy atom. The first-order chi connectivity index (χ1) is 18.8. The van der Waals surface area contributed by atoms with E-state index in [2.05, 4.69) is 10.2 Å². The molecule has 2 saturated heterocycles. The van der Waals surface area contributed by atoms with Crippen molar-refractivity contribution in [1.82, 2.24) is 15.1 Å². The molecule has 0 aliphatic carbocycles. The monoisotopic (exact) mass is 534 g/mol. The number of nitrogens with zero attached hydrogens (tertiary/aromatic N) is 3. The molecule has 39 heavy (non-hydrogen) atoms. The average Bonchev–Trinajstić information content (AvgIpc) is 2.94. The van der Waals surface area contributed by atoms with Crippen LogP contribution in [0.3, 0.4) is 0 Å². The lowest BCUT2D eigenvalue weighted by Gasteiger charge is -2.37. The van der Waals surface area contributed by atoms with Crippen molar-refractivity contribution in [2.45, 2.75) is 25.8 Å². The van der Waals surface area contributed by atoms with Crippen molar-refractivity contribution >= 4 is 34.4 Å². The summed E-state index contributed by atoms with van der Waals surface area (Å²) in [6.45, 7) is 3.25. The minimum Gasteiger partial charge on any atom is -0.504 e. The van der Waals surface area contributed by atoms with Crippen LogP contribution >= 0.6 is 0 Å². The lowest BCUT2D eigenvalue weighted by atomic mass is 10.1. The van der Waals surface area contributed by atoms with E-state index < -0.39 is 22.8 Å². The Labute approximate surface area is 224 Å². The van der Waals surface area contributed by atoms with Crippen molar-refractivity contribution in [3.63, 3.8) is 0 Å². The molecule has 3 N–H and O–H groups in total. The molecule has 0 atom stereocenters. The van der Waals surface area contributed by atoms with E-state index in [4.69, 9.17) is 4.42 Å². The van der Waals surface area contributed by atoms with Crippen LogP contribution in [0.15, 0.2) is 51.7 Å². The van der Waals surface area contributed by atoms with Crippen LogP contribution in [-0.4, -0.2) is 77.0 Å². The molecule has 2 fully saturated rings. The summed E-state index contributed by atoms with van der Waals surface area (Å²) in [5, 5.41) is 21.8. The highest BCUT2D eigenvalue weighted by Gasteiger charge is 2.25. The molecule has 11 nitrogen and oxygen atoms in total. The number of hydrogen-bond acceptors (Lipinski definition) is 8. The molecule has 0 saturated carbocycles. The largest absolute Gasteiger partial charge is 0.504 e. The van der Waals surface area contributed by atoms with Crippen LogP contribution < -0.4 is 15.6 Å². The summed E-state index contributed by atoms with van der Waals surface area (Å²) >= 11 is 0. The van der Waals surface area contributed by atoms with Crippen molar-refractivity contribution in [2.75, 3.05) is 44.2 Å². The van der Waals surface area contributed by atoms with Gasteiger partial charge in [0.2, 0.25) is 11.8 Å². The summed E-state index contributed by atoms with van der Waals surface area (Å²) in [7, 11) is 0. The first-order valence-corrected chi connectivity index (χ1v) is 13.0. The molecule has 2 aliphatic heterocycles. The zero-order valence-electron chi connectivity index (χ0n) is 21.4. The Hall–Kier alpha value is -4.54. The predicted octanol–water partition coefficient (Wildman–Crippen LogP) is 1.80. The zero-order chi connectivity index (χ0) is 27.5. The van der Waals surface area contributed by atoms with Gasteiger partial charge in [-0.3, -0.25) is 19.2 Å². The number of para-hydroxylation sites is 1. The number of hydrogen-bond donors (Lipinski definition) is 3. The van der Waals surface area contributed by atoms with Gasteiger partial charge in [0.25, 0.3) is 5.91 Å². The Morgan fingerprint density at radius 2 is 1.67 bits per heavy atom. The van der Waals surface area contributed by atoms with Crippen LogP contribution in [0.4, 0.5) is 5.69 Å². The minimum atomic E-state index is -0.741. The molecule has 0 spiro atoms. The topological polar surface area (TPSA) is 144 Å². The molecule has 2 aliphatic rings. The lowest BCUT2D eigenvalue weighted by Crippen LogP contribution is -2.51. The number of anilines is 1. The van der Waals surface area contributed by atoms with Crippen molar-refractivity contribution in [1.29, 1.82) is 0 Å². The summed E-state index contributed by atoms with van der Waals surface area (Å²) in [6, 6.07) is 11.1. The van der Waals surface area contributed by atoms with Gasteiger partial charge in [-0.2, -0.15) is 0 Å². The van der Waals surface area contributed by atoms with E-state index in [-0.39, 0.29) is 35.1 Å². The molecule has 204 valence electrons. The Morgan fingerprint density at radius 3 is 2.44 bits per heavy atom. The maximum Gasteiger partial charge on any atom is 0.287 e. The Bertz CT molecular complexity index is 1480. The molecular formula is C28H30N4O7. The summed E-state index contributed by atoms with van der Waals surface area (Å²) in [6.07, 6.45) is 2.56. The van der Waals surface area contributed by atoms with Gasteiger partial charge in [0.05, 0.1) is 11.9 Å². The number of likely N-dealkylation sites (tertiary alicyclic amines) is 1. The van der Waals surface area contributed by atoms with Crippen molar-refractivity contribution in [2.24, 2.45) is 0 Å². The van der Waals surface area contributed by atoms with Gasteiger partial charge in [0, 0.05) is 63.5 Å². The fraction of sp³-hybridized carbons (Fsp3) is 0.357. The van der Waals surface area contributed by atoms with E-state index in [1.54, 1.807) is 4.90 Å². The average molecular weight is 535 g/mol. The molecule has 1 aromatic heterocycles. The fourth-order valence-corrected chi connectivity index (χ4v) is 5.03. The van der Waals surface area contributed by atoms with E-state index in [9.17, 15) is 29.4 Å². The molecule has 0 bridgehead atoms. The van der Waals surface area contributed by atoms with Crippen molar-refractivity contribution in [3.8, 4) is 11.5 Å². The molecule has 3 aromatic rings. The number of phenolic OH excluding ortho intramolecular Hbond substituents is 2. The minimum absolute atomic E-state index is 0.0138. The third-order valence-corrected chi connectivity index (χ3v) is 7.20. The second-order valence-corrected chi connectivity index (χ2v) is 9.76. The van der Waals surface area contributed by atoms with Gasteiger partial charge in [0.15, 0.2) is 22.7 Å². The standard InChI is InChI=1S/C28H30N4O7/c33-21-14-25(39-24-15-23(35)22(34)13-19(21)24)28(38)29-16-27(37)31-11-9-30(10-12-31)20-6-2-1-5-18(20)17-32-8-4-3-7-26(32)36/h1-2,5-6,13-15,34-35H,3-4,7-12,16-17H2,(H,29,38). The number of phenols is 2. The summed E-state index contributed by atoms with van der Waals surface area (Å²) in [4.78, 5) is 55.8. The number of benzene rings is 2. The molecular weight excluding hydrogens is 504 g/mol. The van der Waals surface area contributed by atoms with Crippen molar-refractivity contribution in [3.05, 3.63) is 64.0 Å². The molecule has 5 rings (SSSR count). The highest BCUT2D eigenvalue weighted by molar-refractivity contribution is 5.95. The number of amides is 3. The second-order valence-electron chi connectivity index (χ2n) is 9.76. The van der Waals surface area contributed by atoms with Crippen LogP contribution in [0.1, 0.15) is 35.4 Å². The number of aromatic hydroxyl groups is 2. The van der Waals surface area contributed by atoms with Gasteiger partial charge < -0.3 is 34.6 Å². The number of fused-ring (bicyclic) bond motifs is 1. The van der Waals surface area contributed by atoms with Crippen LogP contribution in [-0.2, 0) is 16.1 Å². The molecule has 0 radical (unpaired) electrons. The first-order valence-electron chi connectivity index (χ1n) is 13.0. The number of carbonyl (C=O) groups excluding carboxylic acids is 3. The van der Waals surface area contributed by atoms with E-state index in [0.29, 0.717) is 39.1 Å². The van der Waals surface area contributed by atoms with Gasteiger partial charge in [-0.1, -0.05) is 18.2 Å². The third kappa shape index (κ3) is 5.66. The number of piperidine rings is 1. The predicted molar refractivity (Wildman–Crippen MR) is 143 cm³/mol. The zero-order valence-corrected chi connectivity index (χ0v) is 21.4. The maximum absolute atomic E-state index is 12.8. The van der Waals surface area contributed by atoms with Crippen LogP contribution in [0, 0.1) is 0 Å². The molecule has 2 aromatic carbocycles. The molecule has 11 heteroatoms. The van der Waals surface area contributed by atoms with Crippen LogP contribution in [0.5, 0.6) is 11.5 Å². The summed E-state index contributed by atoms with van der Waals surface area (Å²) < 4.78 is 5.41. The van der Waals surface area contributed by atoms with Gasteiger partial charge in [-0.25, -0.2) is 0 Å². The SMILES string of the molecule is O=C(NCC(=O)N1CCN(c2ccccc2CN2CCCCC2=O)CC1)c1cc(=O)c2cc(O)c(O)cc2o1. The highest BCUT2D eigenvalue weighted by Crippen LogP contribution is 2.29. The second kappa shape index (κ2) is 11.1. The Kier molecular flexibility index (Phi) is 7.40. The lowest BCUT2D eigenvalue weighted by molar-refractivity contribution is -0.134. The normalized spacial score (nSPS) is 16.0. The smallest absolute Gasteiger partial charge is 0.287 e. The third-order valence-electron chi connectivity index (χ3n) is 7.20. The van der Waals surface area contributed by atoms with E-state index in [1.807, 2.05) is 29.2 Å². The van der Waals surface area contributed by atoms with Crippen molar-refractivity contribution < 1.29 is 29.0 Å². The van der Waals surface area contributed by atoms with Crippen LogP contribution in [0.25, 0.3) is 11.0 Å².